The summed E-state index contributed by atoms with van der Waals surface area (Å²) < 4.78 is 0. The quantitative estimate of drug-likeness (QED) is 0.913. The van der Waals surface area contributed by atoms with Gasteiger partial charge in [0.2, 0.25) is 5.91 Å². The van der Waals surface area contributed by atoms with Gasteiger partial charge in [0, 0.05) is 25.4 Å². The van der Waals surface area contributed by atoms with Gasteiger partial charge in [-0.1, -0.05) is 37.3 Å². The Hall–Kier alpha value is -1.06. The summed E-state index contributed by atoms with van der Waals surface area (Å²) >= 11 is 0. The van der Waals surface area contributed by atoms with Crippen molar-refractivity contribution >= 4 is 18.3 Å². The fraction of sp³-hybridized carbons (Fsp3) is 0.632. The number of amides is 1. The summed E-state index contributed by atoms with van der Waals surface area (Å²) in [5, 5.41) is 3.41. The summed E-state index contributed by atoms with van der Waals surface area (Å²) in [5.74, 6) is 2.13. The largest absolute Gasteiger partial charge is 0.342 e. The molecule has 0 aromatic heterocycles. The van der Waals surface area contributed by atoms with Crippen molar-refractivity contribution in [1.82, 2.24) is 10.2 Å². The van der Waals surface area contributed by atoms with E-state index in [0.717, 1.165) is 44.9 Å². The number of carbonyl (C=O) groups is 1. The Bertz CT molecular complexity index is 487. The van der Waals surface area contributed by atoms with Gasteiger partial charge in [-0.05, 0) is 49.8 Å². The molecule has 1 aromatic rings. The number of hydrogen-bond acceptors (Lipinski definition) is 2. The first kappa shape index (κ1) is 18.3. The highest BCUT2D eigenvalue weighted by atomic mass is 35.5. The lowest BCUT2D eigenvalue weighted by atomic mass is 9.84. The summed E-state index contributed by atoms with van der Waals surface area (Å²) in [6, 6.07) is 10.6. The van der Waals surface area contributed by atoms with Crippen LogP contribution in [0.1, 0.15) is 44.1 Å². The number of nitrogens with zero attached hydrogens (tertiary/aromatic N) is 1. The molecular formula is C19H29ClN2O. The Balaban J connectivity index is 0.00000192. The SMILES string of the molecule is CC(CC(=O)N1CCC(c2ccccc2)C1)C1CCNCC1.Cl. The molecule has 2 saturated heterocycles. The summed E-state index contributed by atoms with van der Waals surface area (Å²) in [6.45, 7) is 6.32. The Morgan fingerprint density at radius 1 is 1.22 bits per heavy atom. The molecule has 1 N–H and O–H groups in total. The number of nitrogens with one attached hydrogen (secondary N) is 1. The topological polar surface area (TPSA) is 32.3 Å². The van der Waals surface area contributed by atoms with Crippen LogP contribution in [0.2, 0.25) is 0 Å². The molecule has 0 spiro atoms. The van der Waals surface area contributed by atoms with Crippen LogP contribution in [0, 0.1) is 11.8 Å². The molecule has 2 fully saturated rings. The van der Waals surface area contributed by atoms with Crippen LogP contribution in [0.3, 0.4) is 0 Å². The average molecular weight is 337 g/mol. The van der Waals surface area contributed by atoms with Crippen LogP contribution in [-0.2, 0) is 4.79 Å². The normalized spacial score (nSPS) is 23.3. The summed E-state index contributed by atoms with van der Waals surface area (Å²) in [4.78, 5) is 14.7. The van der Waals surface area contributed by atoms with Crippen LogP contribution in [0.5, 0.6) is 0 Å². The van der Waals surface area contributed by atoms with Crippen LogP contribution < -0.4 is 5.32 Å². The fourth-order valence-electron chi connectivity index (χ4n) is 3.97. The van der Waals surface area contributed by atoms with Crippen molar-refractivity contribution in [2.45, 2.75) is 38.5 Å². The number of benzene rings is 1. The third kappa shape index (κ3) is 4.71. The van der Waals surface area contributed by atoms with Crippen LogP contribution >= 0.6 is 12.4 Å². The number of rotatable bonds is 4. The zero-order valence-electron chi connectivity index (χ0n) is 14.0. The summed E-state index contributed by atoms with van der Waals surface area (Å²) in [5.41, 5.74) is 1.38. The molecule has 4 heteroatoms. The second-order valence-corrected chi connectivity index (χ2v) is 7.00. The molecule has 0 bridgehead atoms. The molecule has 128 valence electrons. The summed E-state index contributed by atoms with van der Waals surface area (Å²) in [7, 11) is 0. The van der Waals surface area contributed by atoms with Gasteiger partial charge in [0.05, 0.1) is 0 Å². The van der Waals surface area contributed by atoms with Gasteiger partial charge in [-0.25, -0.2) is 0 Å². The Morgan fingerprint density at radius 3 is 2.61 bits per heavy atom. The number of halogens is 1. The van der Waals surface area contributed by atoms with Crippen molar-refractivity contribution in [2.75, 3.05) is 26.2 Å². The Labute approximate surface area is 146 Å². The molecule has 0 saturated carbocycles. The smallest absolute Gasteiger partial charge is 0.222 e. The highest BCUT2D eigenvalue weighted by molar-refractivity contribution is 5.85. The molecular weight excluding hydrogens is 308 g/mol. The van der Waals surface area contributed by atoms with Gasteiger partial charge >= 0.3 is 0 Å². The molecule has 2 aliphatic rings. The maximum Gasteiger partial charge on any atom is 0.222 e. The third-order valence-electron chi connectivity index (χ3n) is 5.50. The van der Waals surface area contributed by atoms with E-state index in [-0.39, 0.29) is 12.4 Å². The maximum atomic E-state index is 12.6. The molecule has 0 radical (unpaired) electrons. The molecule has 1 amide bonds. The van der Waals surface area contributed by atoms with Crippen LogP contribution in [0.15, 0.2) is 30.3 Å². The highest BCUT2D eigenvalue weighted by Crippen LogP contribution is 2.29. The molecule has 2 heterocycles. The maximum absolute atomic E-state index is 12.6. The van der Waals surface area contributed by atoms with E-state index in [0.29, 0.717) is 17.7 Å². The molecule has 3 rings (SSSR count). The van der Waals surface area contributed by atoms with Crippen molar-refractivity contribution in [3.8, 4) is 0 Å². The minimum absolute atomic E-state index is 0. The second kappa shape index (κ2) is 8.70. The predicted octanol–water partition coefficient (Wildman–Crippen LogP) is 3.45. The zero-order chi connectivity index (χ0) is 15.4. The van der Waals surface area contributed by atoms with Crippen molar-refractivity contribution in [3.05, 3.63) is 35.9 Å². The minimum atomic E-state index is 0. The second-order valence-electron chi connectivity index (χ2n) is 7.00. The van der Waals surface area contributed by atoms with Crippen molar-refractivity contribution in [3.63, 3.8) is 0 Å². The minimum Gasteiger partial charge on any atom is -0.342 e. The van der Waals surface area contributed by atoms with E-state index in [4.69, 9.17) is 0 Å². The lowest BCUT2D eigenvalue weighted by Gasteiger charge is -2.29. The van der Waals surface area contributed by atoms with E-state index in [1.165, 1.54) is 18.4 Å². The van der Waals surface area contributed by atoms with E-state index < -0.39 is 0 Å². The van der Waals surface area contributed by atoms with Crippen molar-refractivity contribution in [2.24, 2.45) is 11.8 Å². The molecule has 0 aliphatic carbocycles. The molecule has 3 nitrogen and oxygen atoms in total. The van der Waals surface area contributed by atoms with Gasteiger partial charge in [0.25, 0.3) is 0 Å². The van der Waals surface area contributed by atoms with E-state index in [2.05, 4.69) is 47.5 Å². The summed E-state index contributed by atoms with van der Waals surface area (Å²) in [6.07, 6.45) is 4.28. The first-order chi connectivity index (χ1) is 10.7. The van der Waals surface area contributed by atoms with Crippen LogP contribution in [0.4, 0.5) is 0 Å². The van der Waals surface area contributed by atoms with Crippen LogP contribution in [0.25, 0.3) is 0 Å². The number of piperidine rings is 1. The number of carbonyl (C=O) groups excluding carboxylic acids is 1. The Morgan fingerprint density at radius 2 is 1.91 bits per heavy atom. The Kier molecular flexibility index (Phi) is 6.91. The van der Waals surface area contributed by atoms with Crippen molar-refractivity contribution < 1.29 is 4.79 Å². The molecule has 1 aromatic carbocycles. The van der Waals surface area contributed by atoms with Gasteiger partial charge in [0.15, 0.2) is 0 Å². The van der Waals surface area contributed by atoms with Gasteiger partial charge in [-0.2, -0.15) is 0 Å². The van der Waals surface area contributed by atoms with E-state index >= 15 is 0 Å². The highest BCUT2D eigenvalue weighted by Gasteiger charge is 2.29. The molecule has 2 aliphatic heterocycles. The van der Waals surface area contributed by atoms with E-state index in [9.17, 15) is 4.79 Å². The van der Waals surface area contributed by atoms with Crippen molar-refractivity contribution in [1.29, 1.82) is 0 Å². The monoisotopic (exact) mass is 336 g/mol. The number of hydrogen-bond donors (Lipinski definition) is 1. The first-order valence-corrected chi connectivity index (χ1v) is 8.77. The standard InChI is InChI=1S/C19H28N2O.ClH/c1-15(16-7-10-20-11-8-16)13-19(22)21-12-9-18(14-21)17-5-3-2-4-6-17;/h2-6,15-16,18,20H,7-14H2,1H3;1H. The van der Waals surface area contributed by atoms with Gasteiger partial charge in [-0.15, -0.1) is 12.4 Å². The fourth-order valence-corrected chi connectivity index (χ4v) is 3.97. The zero-order valence-corrected chi connectivity index (χ0v) is 14.9. The van der Waals surface area contributed by atoms with Crippen LogP contribution in [-0.4, -0.2) is 37.0 Å². The molecule has 2 atom stereocenters. The van der Waals surface area contributed by atoms with Gasteiger partial charge in [0.1, 0.15) is 0 Å². The molecule has 2 unspecified atom stereocenters. The average Bonchev–Trinajstić information content (AvgIpc) is 3.06. The van der Waals surface area contributed by atoms with E-state index in [1.807, 2.05) is 0 Å². The first-order valence-electron chi connectivity index (χ1n) is 8.77. The number of likely N-dealkylation sites (tertiary alicyclic amines) is 1. The lowest BCUT2D eigenvalue weighted by Crippen LogP contribution is -2.34. The van der Waals surface area contributed by atoms with Gasteiger partial charge in [-0.3, -0.25) is 4.79 Å². The molecule has 23 heavy (non-hydrogen) atoms. The van der Waals surface area contributed by atoms with E-state index in [1.54, 1.807) is 0 Å². The predicted molar refractivity (Wildman–Crippen MR) is 97.0 cm³/mol. The van der Waals surface area contributed by atoms with Gasteiger partial charge < -0.3 is 10.2 Å². The lowest BCUT2D eigenvalue weighted by molar-refractivity contribution is -0.131. The third-order valence-corrected chi connectivity index (χ3v) is 5.50.